The van der Waals surface area contributed by atoms with Crippen molar-refractivity contribution in [3.05, 3.63) is 70.5 Å². The number of aliphatic hydroxyl groups is 2. The Morgan fingerprint density at radius 2 is 2.03 bits per heavy atom. The SMILES string of the molecule is Cc1ncnc2c1ccn2C1C=C(C(C)Cc2cc(F)c3cc(Cl)c(N)nc3c2)C(C)(O)C1O. The van der Waals surface area contributed by atoms with E-state index in [-0.39, 0.29) is 16.8 Å². The number of halogens is 2. The molecular weight excluding hydrogens is 457 g/mol. The van der Waals surface area contributed by atoms with E-state index in [9.17, 15) is 14.6 Å². The number of rotatable bonds is 4. The molecule has 0 fully saturated rings. The summed E-state index contributed by atoms with van der Waals surface area (Å²) in [5.41, 5.74) is 7.68. The normalized spacial score (nSPS) is 23.6. The van der Waals surface area contributed by atoms with Gasteiger partial charge >= 0.3 is 0 Å². The second kappa shape index (κ2) is 8.01. The molecule has 1 aliphatic rings. The van der Waals surface area contributed by atoms with E-state index in [1.54, 1.807) is 13.0 Å². The molecule has 0 bridgehead atoms. The highest BCUT2D eigenvalue weighted by Gasteiger charge is 2.47. The van der Waals surface area contributed by atoms with Crippen LogP contribution in [-0.4, -0.2) is 41.4 Å². The zero-order valence-corrected chi connectivity index (χ0v) is 19.8. The number of pyridine rings is 1. The molecule has 0 radical (unpaired) electrons. The summed E-state index contributed by atoms with van der Waals surface area (Å²) >= 11 is 5.99. The molecule has 0 aliphatic heterocycles. The summed E-state index contributed by atoms with van der Waals surface area (Å²) in [6.45, 7) is 5.45. The van der Waals surface area contributed by atoms with Crippen molar-refractivity contribution in [2.24, 2.45) is 5.92 Å². The first-order valence-corrected chi connectivity index (χ1v) is 11.4. The predicted octanol–water partition coefficient (Wildman–Crippen LogP) is 4.13. The number of hydrogen-bond donors (Lipinski definition) is 3. The molecule has 5 rings (SSSR count). The van der Waals surface area contributed by atoms with Gasteiger partial charge in [-0.2, -0.15) is 0 Å². The van der Waals surface area contributed by atoms with Crippen molar-refractivity contribution in [3.63, 3.8) is 0 Å². The number of aryl methyl sites for hydroxylation is 1. The Hall–Kier alpha value is -3.07. The monoisotopic (exact) mass is 481 g/mol. The van der Waals surface area contributed by atoms with Crippen LogP contribution in [0.15, 0.2) is 48.4 Å². The zero-order chi connectivity index (χ0) is 24.4. The van der Waals surface area contributed by atoms with E-state index >= 15 is 0 Å². The zero-order valence-electron chi connectivity index (χ0n) is 19.0. The molecule has 0 saturated carbocycles. The van der Waals surface area contributed by atoms with Gasteiger partial charge in [0, 0.05) is 17.0 Å². The van der Waals surface area contributed by atoms with Crippen LogP contribution in [0.2, 0.25) is 5.02 Å². The molecule has 4 atom stereocenters. The maximum Gasteiger partial charge on any atom is 0.144 e. The fraction of sp³-hybridized carbons (Fsp3) is 0.320. The van der Waals surface area contributed by atoms with Gasteiger partial charge < -0.3 is 20.5 Å². The summed E-state index contributed by atoms with van der Waals surface area (Å²) in [5, 5.41) is 23.8. The quantitative estimate of drug-likeness (QED) is 0.378. The van der Waals surface area contributed by atoms with Crippen LogP contribution in [-0.2, 0) is 6.42 Å². The summed E-state index contributed by atoms with van der Waals surface area (Å²) in [7, 11) is 0. The minimum atomic E-state index is -1.46. The standard InChI is InChI=1S/C25H25ClFN5O2/c1-12(6-14-7-19(27)16-9-18(26)23(28)31-20(16)8-14)17-10-21(22(33)25(17,3)34)32-5-4-15-13(2)29-11-30-24(15)32/h4-5,7-12,21-22,33-34H,6H2,1-3H3,(H2,28,31). The largest absolute Gasteiger partial charge is 0.387 e. The van der Waals surface area contributed by atoms with E-state index < -0.39 is 23.6 Å². The molecule has 1 aromatic carbocycles. The molecular formula is C25H25ClFN5O2. The van der Waals surface area contributed by atoms with Crippen LogP contribution in [0.25, 0.3) is 21.9 Å². The average Bonchev–Trinajstić information content (AvgIpc) is 3.29. The molecule has 1 aliphatic carbocycles. The first-order chi connectivity index (χ1) is 16.1. The van der Waals surface area contributed by atoms with E-state index in [1.807, 2.05) is 36.8 Å². The number of benzene rings is 1. The van der Waals surface area contributed by atoms with Crippen molar-refractivity contribution in [1.29, 1.82) is 0 Å². The molecule has 4 N–H and O–H groups in total. The van der Waals surface area contributed by atoms with Gasteiger partial charge in [0.25, 0.3) is 0 Å². The van der Waals surface area contributed by atoms with E-state index in [0.29, 0.717) is 34.1 Å². The minimum Gasteiger partial charge on any atom is -0.387 e. The topological polar surface area (TPSA) is 110 Å². The molecule has 7 nitrogen and oxygen atoms in total. The summed E-state index contributed by atoms with van der Waals surface area (Å²) in [6, 6.07) is 6.10. The summed E-state index contributed by atoms with van der Waals surface area (Å²) in [5.74, 6) is -0.480. The fourth-order valence-electron chi connectivity index (χ4n) is 5.04. The van der Waals surface area contributed by atoms with Crippen molar-refractivity contribution >= 4 is 39.4 Å². The Bertz CT molecular complexity index is 1460. The summed E-state index contributed by atoms with van der Waals surface area (Å²) in [6.07, 6.45) is 4.59. The Labute approximate surface area is 200 Å². The lowest BCUT2D eigenvalue weighted by Crippen LogP contribution is -2.42. The number of nitrogen functional groups attached to an aromatic ring is 1. The van der Waals surface area contributed by atoms with Crippen LogP contribution in [0.1, 0.15) is 31.1 Å². The first kappa shape index (κ1) is 22.7. The van der Waals surface area contributed by atoms with Crippen molar-refractivity contribution in [2.45, 2.75) is 44.9 Å². The fourth-order valence-corrected chi connectivity index (χ4v) is 5.19. The lowest BCUT2D eigenvalue weighted by atomic mass is 9.84. The van der Waals surface area contributed by atoms with Crippen molar-refractivity contribution in [3.8, 4) is 0 Å². The number of fused-ring (bicyclic) bond motifs is 2. The van der Waals surface area contributed by atoms with Crippen LogP contribution in [0.5, 0.6) is 0 Å². The van der Waals surface area contributed by atoms with Crippen LogP contribution in [0.3, 0.4) is 0 Å². The van der Waals surface area contributed by atoms with Crippen LogP contribution in [0.4, 0.5) is 10.2 Å². The van der Waals surface area contributed by atoms with Gasteiger partial charge in [0.15, 0.2) is 0 Å². The second-order valence-electron chi connectivity index (χ2n) is 9.23. The Morgan fingerprint density at radius 3 is 2.79 bits per heavy atom. The van der Waals surface area contributed by atoms with Crippen LogP contribution < -0.4 is 5.73 Å². The molecule has 176 valence electrons. The van der Waals surface area contributed by atoms with Crippen molar-refractivity contribution < 1.29 is 14.6 Å². The summed E-state index contributed by atoms with van der Waals surface area (Å²) < 4.78 is 16.6. The molecule has 0 amide bonds. The maximum absolute atomic E-state index is 14.8. The lowest BCUT2D eigenvalue weighted by molar-refractivity contribution is -0.0421. The van der Waals surface area contributed by atoms with E-state index in [0.717, 1.165) is 11.1 Å². The molecule has 3 aromatic heterocycles. The van der Waals surface area contributed by atoms with E-state index in [2.05, 4.69) is 15.0 Å². The Balaban J connectivity index is 1.50. The first-order valence-electron chi connectivity index (χ1n) is 11.0. The molecule has 34 heavy (non-hydrogen) atoms. The van der Waals surface area contributed by atoms with E-state index in [1.165, 1.54) is 18.5 Å². The van der Waals surface area contributed by atoms with Gasteiger partial charge in [0.1, 0.15) is 35.3 Å². The highest BCUT2D eigenvalue weighted by Crippen LogP contribution is 2.43. The van der Waals surface area contributed by atoms with Gasteiger partial charge in [-0.25, -0.2) is 19.3 Å². The smallest absolute Gasteiger partial charge is 0.144 e. The van der Waals surface area contributed by atoms with Gasteiger partial charge in [-0.05, 0) is 61.6 Å². The highest BCUT2D eigenvalue weighted by molar-refractivity contribution is 6.33. The third-order valence-electron chi connectivity index (χ3n) is 6.86. The number of nitrogens with two attached hydrogens (primary N) is 1. The molecule has 0 spiro atoms. The molecule has 3 heterocycles. The molecule has 9 heteroatoms. The molecule has 4 aromatic rings. The van der Waals surface area contributed by atoms with Gasteiger partial charge in [-0.15, -0.1) is 0 Å². The van der Waals surface area contributed by atoms with E-state index in [4.69, 9.17) is 17.3 Å². The molecule has 4 unspecified atom stereocenters. The van der Waals surface area contributed by atoms with Crippen LogP contribution >= 0.6 is 11.6 Å². The highest BCUT2D eigenvalue weighted by atomic mass is 35.5. The maximum atomic E-state index is 14.8. The third-order valence-corrected chi connectivity index (χ3v) is 7.16. The Kier molecular flexibility index (Phi) is 5.35. The average molecular weight is 482 g/mol. The lowest BCUT2D eigenvalue weighted by Gasteiger charge is -2.31. The Morgan fingerprint density at radius 1 is 1.26 bits per heavy atom. The number of aliphatic hydroxyl groups excluding tert-OH is 1. The van der Waals surface area contributed by atoms with Crippen molar-refractivity contribution in [1.82, 2.24) is 19.5 Å². The summed E-state index contributed by atoms with van der Waals surface area (Å²) in [4.78, 5) is 12.8. The molecule has 0 saturated heterocycles. The third kappa shape index (κ3) is 3.53. The minimum absolute atomic E-state index is 0.143. The number of nitrogens with zero attached hydrogens (tertiary/aromatic N) is 4. The van der Waals surface area contributed by atoms with Crippen LogP contribution in [0, 0.1) is 18.7 Å². The number of aromatic nitrogens is 4. The van der Waals surface area contributed by atoms with Gasteiger partial charge in [0.05, 0.1) is 22.3 Å². The number of hydrogen-bond acceptors (Lipinski definition) is 6. The van der Waals surface area contributed by atoms with Gasteiger partial charge in [0.2, 0.25) is 0 Å². The second-order valence-corrected chi connectivity index (χ2v) is 9.64. The predicted molar refractivity (Wildman–Crippen MR) is 130 cm³/mol. The van der Waals surface area contributed by atoms with Crippen molar-refractivity contribution in [2.75, 3.05) is 5.73 Å². The number of anilines is 1. The van der Waals surface area contributed by atoms with Gasteiger partial charge in [-0.1, -0.05) is 24.6 Å². The van der Waals surface area contributed by atoms with Gasteiger partial charge in [-0.3, -0.25) is 0 Å².